The van der Waals surface area contributed by atoms with Crippen molar-refractivity contribution in [2.75, 3.05) is 27.2 Å². The average Bonchev–Trinajstić information content (AvgIpc) is 2.23. The van der Waals surface area contributed by atoms with Gasteiger partial charge in [-0.3, -0.25) is 4.79 Å². The maximum atomic E-state index is 12.0. The Balaban J connectivity index is 4.00. The number of rotatable bonds is 6. The van der Waals surface area contributed by atoms with Crippen LogP contribution in [0.25, 0.3) is 0 Å². The van der Waals surface area contributed by atoms with Gasteiger partial charge in [0.2, 0.25) is 0 Å². The number of aliphatic carboxylic acids is 1. The van der Waals surface area contributed by atoms with Crippen LogP contribution >= 0.6 is 0 Å². The fraction of sp³-hybridized carbons (Fsp3) is 0.800. The van der Waals surface area contributed by atoms with Crippen LogP contribution < -0.4 is 0 Å². The number of carboxylic acid groups (broad SMARTS) is 1. The van der Waals surface area contributed by atoms with Gasteiger partial charge in [0, 0.05) is 33.6 Å². The van der Waals surface area contributed by atoms with Crippen LogP contribution in [0.2, 0.25) is 0 Å². The van der Waals surface area contributed by atoms with Crippen molar-refractivity contribution in [3.63, 3.8) is 0 Å². The molecule has 0 aromatic carbocycles. The first-order valence-corrected chi connectivity index (χ1v) is 5.38. The van der Waals surface area contributed by atoms with Gasteiger partial charge in [0.1, 0.15) is 0 Å². The molecule has 0 saturated heterocycles. The SMILES string of the molecule is CN(CCCC(=O)O)C(=O)N(C)CCC(F)(F)F. The van der Waals surface area contributed by atoms with Crippen molar-refractivity contribution in [2.24, 2.45) is 0 Å². The average molecular weight is 270 g/mol. The van der Waals surface area contributed by atoms with E-state index in [4.69, 9.17) is 5.11 Å². The second-order valence-corrected chi connectivity index (χ2v) is 3.99. The molecule has 0 atom stereocenters. The van der Waals surface area contributed by atoms with Crippen molar-refractivity contribution in [2.45, 2.75) is 25.4 Å². The molecule has 0 bridgehead atoms. The van der Waals surface area contributed by atoms with E-state index in [2.05, 4.69) is 0 Å². The van der Waals surface area contributed by atoms with Gasteiger partial charge in [-0.25, -0.2) is 4.79 Å². The predicted molar refractivity (Wildman–Crippen MR) is 58.2 cm³/mol. The summed E-state index contributed by atoms with van der Waals surface area (Å²) < 4.78 is 35.9. The van der Waals surface area contributed by atoms with E-state index in [-0.39, 0.29) is 19.4 Å². The van der Waals surface area contributed by atoms with Gasteiger partial charge in [-0.2, -0.15) is 13.2 Å². The number of halogens is 3. The van der Waals surface area contributed by atoms with Gasteiger partial charge in [0.05, 0.1) is 6.42 Å². The maximum absolute atomic E-state index is 12.0. The second-order valence-electron chi connectivity index (χ2n) is 3.99. The topological polar surface area (TPSA) is 60.9 Å². The van der Waals surface area contributed by atoms with E-state index in [0.29, 0.717) is 0 Å². The zero-order chi connectivity index (χ0) is 14.3. The molecule has 2 amide bonds. The zero-order valence-electron chi connectivity index (χ0n) is 10.3. The first-order chi connectivity index (χ1) is 8.13. The van der Waals surface area contributed by atoms with E-state index in [9.17, 15) is 22.8 Å². The third-order valence-electron chi connectivity index (χ3n) is 2.27. The summed E-state index contributed by atoms with van der Waals surface area (Å²) in [6.45, 7) is -0.215. The van der Waals surface area contributed by atoms with Gasteiger partial charge in [0.15, 0.2) is 0 Å². The molecule has 0 rings (SSSR count). The lowest BCUT2D eigenvalue weighted by atomic mass is 10.3. The molecule has 0 radical (unpaired) electrons. The van der Waals surface area contributed by atoms with E-state index >= 15 is 0 Å². The second kappa shape index (κ2) is 7.07. The summed E-state index contributed by atoms with van der Waals surface area (Å²) in [6, 6.07) is -0.551. The summed E-state index contributed by atoms with van der Waals surface area (Å²) in [5, 5.41) is 8.41. The number of hydrogen-bond acceptors (Lipinski definition) is 2. The molecule has 0 fully saturated rings. The molecule has 8 heteroatoms. The number of alkyl halides is 3. The van der Waals surface area contributed by atoms with Gasteiger partial charge in [-0.1, -0.05) is 0 Å². The minimum Gasteiger partial charge on any atom is -0.481 e. The highest BCUT2D eigenvalue weighted by Crippen LogP contribution is 2.19. The summed E-state index contributed by atoms with van der Waals surface area (Å²) in [6.07, 6.45) is -5.16. The van der Waals surface area contributed by atoms with Crippen LogP contribution in [-0.2, 0) is 4.79 Å². The van der Waals surface area contributed by atoms with Crippen molar-refractivity contribution in [1.82, 2.24) is 9.80 Å². The molecular formula is C10H17F3N2O3. The zero-order valence-corrected chi connectivity index (χ0v) is 10.3. The first kappa shape index (κ1) is 16.5. The molecule has 0 unspecified atom stereocenters. The van der Waals surface area contributed by atoms with Crippen molar-refractivity contribution in [3.8, 4) is 0 Å². The Morgan fingerprint density at radius 2 is 1.61 bits per heavy atom. The number of carboxylic acids is 1. The summed E-state index contributed by atoms with van der Waals surface area (Å²) in [4.78, 5) is 24.0. The Morgan fingerprint density at radius 3 is 2.06 bits per heavy atom. The van der Waals surface area contributed by atoms with Gasteiger partial charge in [-0.05, 0) is 6.42 Å². The number of nitrogens with zero attached hydrogens (tertiary/aromatic N) is 2. The van der Waals surface area contributed by atoms with E-state index < -0.39 is 31.1 Å². The summed E-state index contributed by atoms with van der Waals surface area (Å²) in [5.41, 5.74) is 0. The molecule has 0 saturated carbocycles. The molecule has 5 nitrogen and oxygen atoms in total. The fourth-order valence-corrected chi connectivity index (χ4v) is 1.24. The number of hydrogen-bond donors (Lipinski definition) is 1. The van der Waals surface area contributed by atoms with Crippen LogP contribution in [0.1, 0.15) is 19.3 Å². The first-order valence-electron chi connectivity index (χ1n) is 5.38. The largest absolute Gasteiger partial charge is 0.481 e. The van der Waals surface area contributed by atoms with Gasteiger partial charge in [0.25, 0.3) is 0 Å². The lowest BCUT2D eigenvalue weighted by Gasteiger charge is -2.25. The molecule has 1 N–H and O–H groups in total. The van der Waals surface area contributed by atoms with Crippen molar-refractivity contribution in [1.29, 1.82) is 0 Å². The molecular weight excluding hydrogens is 253 g/mol. The molecule has 0 aliphatic carbocycles. The number of carbonyl (C=O) groups excluding carboxylic acids is 1. The normalized spacial score (nSPS) is 11.2. The predicted octanol–water partition coefficient (Wildman–Crippen LogP) is 1.79. The summed E-state index contributed by atoms with van der Waals surface area (Å²) in [7, 11) is 2.70. The smallest absolute Gasteiger partial charge is 0.390 e. The van der Waals surface area contributed by atoms with E-state index in [0.717, 1.165) is 4.90 Å². The Kier molecular flexibility index (Phi) is 6.50. The lowest BCUT2D eigenvalue weighted by Crippen LogP contribution is -2.40. The van der Waals surface area contributed by atoms with Crippen molar-refractivity contribution >= 4 is 12.0 Å². The monoisotopic (exact) mass is 270 g/mol. The third kappa shape index (κ3) is 7.75. The van der Waals surface area contributed by atoms with E-state index in [1.165, 1.54) is 19.0 Å². The molecule has 0 aromatic rings. The molecule has 0 aliphatic heterocycles. The number of urea groups is 1. The highest BCUT2D eigenvalue weighted by molar-refractivity contribution is 5.73. The molecule has 0 spiro atoms. The number of amides is 2. The Hall–Kier alpha value is -1.47. The van der Waals surface area contributed by atoms with Crippen molar-refractivity contribution in [3.05, 3.63) is 0 Å². The highest BCUT2D eigenvalue weighted by atomic mass is 19.4. The van der Waals surface area contributed by atoms with E-state index in [1.807, 2.05) is 0 Å². The van der Waals surface area contributed by atoms with Crippen LogP contribution in [0.4, 0.5) is 18.0 Å². The summed E-state index contributed by atoms with van der Waals surface area (Å²) in [5.74, 6) is -0.971. The van der Waals surface area contributed by atoms with Gasteiger partial charge >= 0.3 is 18.2 Å². The maximum Gasteiger partial charge on any atom is 0.390 e. The molecule has 0 aromatic heterocycles. The van der Waals surface area contributed by atoms with Gasteiger partial charge in [-0.15, -0.1) is 0 Å². The molecule has 18 heavy (non-hydrogen) atoms. The van der Waals surface area contributed by atoms with Crippen LogP contribution in [0.5, 0.6) is 0 Å². The number of carbonyl (C=O) groups is 2. The molecule has 0 heterocycles. The minimum atomic E-state index is -4.30. The van der Waals surface area contributed by atoms with Crippen molar-refractivity contribution < 1.29 is 27.9 Å². The minimum absolute atomic E-state index is 0.0795. The Bertz CT molecular complexity index is 295. The third-order valence-corrected chi connectivity index (χ3v) is 2.27. The van der Waals surface area contributed by atoms with Crippen LogP contribution in [0.3, 0.4) is 0 Å². The van der Waals surface area contributed by atoms with Crippen LogP contribution in [0, 0.1) is 0 Å². The molecule has 0 aliphatic rings. The highest BCUT2D eigenvalue weighted by Gasteiger charge is 2.28. The lowest BCUT2D eigenvalue weighted by molar-refractivity contribution is -0.138. The Morgan fingerprint density at radius 1 is 1.11 bits per heavy atom. The van der Waals surface area contributed by atoms with Gasteiger partial charge < -0.3 is 14.9 Å². The quantitative estimate of drug-likeness (QED) is 0.800. The van der Waals surface area contributed by atoms with Crippen LogP contribution in [-0.4, -0.2) is 60.3 Å². The summed E-state index contributed by atoms with van der Waals surface area (Å²) >= 11 is 0. The standard InChI is InChI=1S/C10H17F3N2O3/c1-14(6-3-4-8(16)17)9(18)15(2)7-5-10(11,12)13/h3-7H2,1-2H3,(H,16,17). The van der Waals surface area contributed by atoms with E-state index in [1.54, 1.807) is 0 Å². The fourth-order valence-electron chi connectivity index (χ4n) is 1.24. The molecule has 106 valence electrons. The van der Waals surface area contributed by atoms with Crippen LogP contribution in [0.15, 0.2) is 0 Å². The Labute approximate surface area is 103 Å².